The standard InChI is InChI=1S/C23H28N2O4S/c26-22(24-17-23(12-6-13-23)19-8-2-1-3-9-19)18-7-4-11-21(15-18)30(27,28)25-16-20-10-5-14-29-20/h1-4,7-9,11,15,20,25H,5-6,10,12-14,16-17H2,(H,24,26). The Hall–Kier alpha value is -2.22. The van der Waals surface area contributed by atoms with Gasteiger partial charge in [-0.25, -0.2) is 13.1 Å². The number of benzene rings is 2. The van der Waals surface area contributed by atoms with Gasteiger partial charge in [-0.15, -0.1) is 0 Å². The predicted molar refractivity (Wildman–Crippen MR) is 115 cm³/mol. The second-order valence-electron chi connectivity index (χ2n) is 8.20. The van der Waals surface area contributed by atoms with Gasteiger partial charge in [0.15, 0.2) is 0 Å². The zero-order chi connectivity index (χ0) is 21.0. The molecule has 0 bridgehead atoms. The van der Waals surface area contributed by atoms with E-state index in [2.05, 4.69) is 22.2 Å². The largest absolute Gasteiger partial charge is 0.377 e. The first kappa shape index (κ1) is 21.0. The van der Waals surface area contributed by atoms with Crippen molar-refractivity contribution in [3.63, 3.8) is 0 Å². The SMILES string of the molecule is O=C(NCC1(c2ccccc2)CCC1)c1cccc(S(=O)(=O)NCC2CCCO2)c1. The Bertz CT molecular complexity index is 981. The van der Waals surface area contributed by atoms with Gasteiger partial charge in [0, 0.05) is 30.7 Å². The molecular formula is C23H28N2O4S. The van der Waals surface area contributed by atoms with Crippen molar-refractivity contribution < 1.29 is 17.9 Å². The average molecular weight is 429 g/mol. The van der Waals surface area contributed by atoms with Crippen molar-refractivity contribution in [3.8, 4) is 0 Å². The number of carbonyl (C=O) groups excluding carboxylic acids is 1. The van der Waals surface area contributed by atoms with Crippen molar-refractivity contribution in [1.29, 1.82) is 0 Å². The molecule has 2 aliphatic rings. The summed E-state index contributed by atoms with van der Waals surface area (Å²) < 4.78 is 33.3. The normalized spacial score (nSPS) is 20.5. The molecule has 2 aromatic rings. The van der Waals surface area contributed by atoms with Gasteiger partial charge in [-0.2, -0.15) is 0 Å². The molecule has 1 saturated carbocycles. The molecule has 160 valence electrons. The quantitative estimate of drug-likeness (QED) is 0.677. The van der Waals surface area contributed by atoms with Crippen LogP contribution in [0.3, 0.4) is 0 Å². The lowest BCUT2D eigenvalue weighted by Crippen LogP contribution is -2.45. The fraction of sp³-hybridized carbons (Fsp3) is 0.435. The van der Waals surface area contributed by atoms with E-state index in [0.717, 1.165) is 32.1 Å². The average Bonchev–Trinajstić information content (AvgIpc) is 3.26. The highest BCUT2D eigenvalue weighted by atomic mass is 32.2. The van der Waals surface area contributed by atoms with Gasteiger partial charge in [0.05, 0.1) is 11.0 Å². The van der Waals surface area contributed by atoms with Gasteiger partial charge in [0.1, 0.15) is 0 Å². The third-order valence-corrected chi connectivity index (χ3v) is 7.64. The third-order valence-electron chi connectivity index (χ3n) is 6.22. The highest BCUT2D eigenvalue weighted by Gasteiger charge is 2.38. The van der Waals surface area contributed by atoms with Crippen LogP contribution in [0.15, 0.2) is 59.5 Å². The molecule has 1 saturated heterocycles. The highest BCUT2D eigenvalue weighted by Crippen LogP contribution is 2.43. The molecular weight excluding hydrogens is 400 g/mol. The molecule has 1 aliphatic heterocycles. The number of amides is 1. The molecule has 1 unspecified atom stereocenters. The number of carbonyl (C=O) groups is 1. The molecule has 1 atom stereocenters. The minimum Gasteiger partial charge on any atom is -0.377 e. The van der Waals surface area contributed by atoms with Crippen LogP contribution in [0.4, 0.5) is 0 Å². The van der Waals surface area contributed by atoms with E-state index < -0.39 is 10.0 Å². The summed E-state index contributed by atoms with van der Waals surface area (Å²) >= 11 is 0. The van der Waals surface area contributed by atoms with Crippen LogP contribution in [0.5, 0.6) is 0 Å². The Morgan fingerprint density at radius 1 is 1.07 bits per heavy atom. The van der Waals surface area contributed by atoms with E-state index >= 15 is 0 Å². The van der Waals surface area contributed by atoms with Gasteiger partial charge in [0.2, 0.25) is 10.0 Å². The molecule has 4 rings (SSSR count). The first-order valence-electron chi connectivity index (χ1n) is 10.5. The first-order valence-corrected chi connectivity index (χ1v) is 12.0. The number of rotatable bonds is 8. The van der Waals surface area contributed by atoms with Crippen LogP contribution < -0.4 is 10.0 Å². The van der Waals surface area contributed by atoms with E-state index in [0.29, 0.717) is 18.7 Å². The van der Waals surface area contributed by atoms with Gasteiger partial charge < -0.3 is 10.1 Å². The molecule has 1 aliphatic carbocycles. The zero-order valence-electron chi connectivity index (χ0n) is 17.0. The monoisotopic (exact) mass is 428 g/mol. The van der Waals surface area contributed by atoms with Gasteiger partial charge in [-0.3, -0.25) is 4.79 Å². The van der Waals surface area contributed by atoms with Crippen molar-refractivity contribution in [2.75, 3.05) is 19.7 Å². The lowest BCUT2D eigenvalue weighted by Gasteiger charge is -2.42. The maximum absolute atomic E-state index is 12.8. The fourth-order valence-electron chi connectivity index (χ4n) is 4.21. The van der Waals surface area contributed by atoms with E-state index in [9.17, 15) is 13.2 Å². The van der Waals surface area contributed by atoms with Crippen molar-refractivity contribution in [1.82, 2.24) is 10.0 Å². The van der Waals surface area contributed by atoms with Crippen LogP contribution in [0, 0.1) is 0 Å². The van der Waals surface area contributed by atoms with Gasteiger partial charge in [-0.05, 0) is 49.4 Å². The highest BCUT2D eigenvalue weighted by molar-refractivity contribution is 7.89. The second kappa shape index (κ2) is 8.88. The fourth-order valence-corrected chi connectivity index (χ4v) is 5.32. The molecule has 1 amide bonds. The lowest BCUT2D eigenvalue weighted by atomic mass is 9.64. The van der Waals surface area contributed by atoms with E-state index in [1.165, 1.54) is 17.7 Å². The summed E-state index contributed by atoms with van der Waals surface area (Å²) in [5, 5.41) is 3.02. The number of sulfonamides is 1. The molecule has 0 spiro atoms. The summed E-state index contributed by atoms with van der Waals surface area (Å²) in [5.41, 5.74) is 1.56. The smallest absolute Gasteiger partial charge is 0.251 e. The Kier molecular flexibility index (Phi) is 6.22. The lowest BCUT2D eigenvalue weighted by molar-refractivity contribution is 0.0927. The Labute approximate surface area is 178 Å². The van der Waals surface area contributed by atoms with Crippen LogP contribution in [0.25, 0.3) is 0 Å². The van der Waals surface area contributed by atoms with Crippen molar-refractivity contribution in [3.05, 3.63) is 65.7 Å². The minimum atomic E-state index is -3.69. The summed E-state index contributed by atoms with van der Waals surface area (Å²) in [6.07, 6.45) is 4.95. The zero-order valence-corrected chi connectivity index (χ0v) is 17.8. The number of hydrogen-bond donors (Lipinski definition) is 2. The summed E-state index contributed by atoms with van der Waals surface area (Å²) in [6, 6.07) is 16.4. The van der Waals surface area contributed by atoms with Crippen LogP contribution in [-0.4, -0.2) is 40.1 Å². The molecule has 7 heteroatoms. The minimum absolute atomic E-state index is 0.0244. The maximum Gasteiger partial charge on any atom is 0.251 e. The summed E-state index contributed by atoms with van der Waals surface area (Å²) in [4.78, 5) is 12.9. The van der Waals surface area contributed by atoms with Gasteiger partial charge in [0.25, 0.3) is 5.91 Å². The molecule has 0 aromatic heterocycles. The van der Waals surface area contributed by atoms with E-state index in [-0.39, 0.29) is 28.9 Å². The predicted octanol–water partition coefficient (Wildman–Crippen LogP) is 3.00. The van der Waals surface area contributed by atoms with E-state index in [1.54, 1.807) is 12.1 Å². The van der Waals surface area contributed by atoms with Gasteiger partial charge >= 0.3 is 0 Å². The summed E-state index contributed by atoms with van der Waals surface area (Å²) in [6.45, 7) is 1.47. The first-order chi connectivity index (χ1) is 14.5. The van der Waals surface area contributed by atoms with E-state index in [1.807, 2.05) is 18.2 Å². The molecule has 30 heavy (non-hydrogen) atoms. The summed E-state index contributed by atoms with van der Waals surface area (Å²) in [5.74, 6) is -0.256. The number of ether oxygens (including phenoxy) is 1. The maximum atomic E-state index is 12.8. The van der Waals surface area contributed by atoms with E-state index in [4.69, 9.17) is 4.74 Å². The Morgan fingerprint density at radius 3 is 2.53 bits per heavy atom. The Balaban J connectivity index is 1.41. The third kappa shape index (κ3) is 4.58. The van der Waals surface area contributed by atoms with Crippen LogP contribution in [-0.2, 0) is 20.2 Å². The van der Waals surface area contributed by atoms with Crippen molar-refractivity contribution >= 4 is 15.9 Å². The molecule has 2 N–H and O–H groups in total. The summed E-state index contributed by atoms with van der Waals surface area (Å²) in [7, 11) is -3.69. The molecule has 2 fully saturated rings. The molecule has 1 heterocycles. The second-order valence-corrected chi connectivity index (χ2v) is 9.96. The van der Waals surface area contributed by atoms with Crippen LogP contribution >= 0.6 is 0 Å². The topological polar surface area (TPSA) is 84.5 Å². The Morgan fingerprint density at radius 2 is 1.87 bits per heavy atom. The molecule has 2 aromatic carbocycles. The molecule has 6 nitrogen and oxygen atoms in total. The molecule has 0 radical (unpaired) electrons. The van der Waals surface area contributed by atoms with Crippen LogP contribution in [0.2, 0.25) is 0 Å². The number of nitrogens with one attached hydrogen (secondary N) is 2. The van der Waals surface area contributed by atoms with Crippen molar-refractivity contribution in [2.45, 2.75) is 48.5 Å². The van der Waals surface area contributed by atoms with Crippen LogP contribution in [0.1, 0.15) is 48.0 Å². The van der Waals surface area contributed by atoms with Gasteiger partial charge in [-0.1, -0.05) is 42.8 Å². The number of hydrogen-bond acceptors (Lipinski definition) is 4. The van der Waals surface area contributed by atoms with Crippen molar-refractivity contribution in [2.24, 2.45) is 0 Å².